The molecule has 2 aromatic rings. The first-order valence-electron chi connectivity index (χ1n) is 8.47. The molecular weight excluding hydrogens is 298 g/mol. The number of carbonyl (C=O) groups is 2. The van der Waals surface area contributed by atoms with E-state index in [1.165, 1.54) is 0 Å². The normalized spacial score (nSPS) is 22.5. The zero-order valence-corrected chi connectivity index (χ0v) is 14.0. The smallest absolute Gasteiger partial charge is 0.144 e. The van der Waals surface area contributed by atoms with E-state index in [2.05, 4.69) is 43.4 Å². The monoisotopic (exact) mass is 319 g/mol. The third-order valence-corrected chi connectivity index (χ3v) is 5.41. The Balaban J connectivity index is 1.91. The van der Waals surface area contributed by atoms with E-state index in [9.17, 15) is 9.59 Å². The Hall–Kier alpha value is -2.42. The molecule has 3 heteroatoms. The summed E-state index contributed by atoms with van der Waals surface area (Å²) in [6.07, 6.45) is 0.542. The van der Waals surface area contributed by atoms with Crippen LogP contribution in [0.1, 0.15) is 43.7 Å². The molecule has 1 N–H and O–H groups in total. The van der Waals surface area contributed by atoms with Crippen molar-refractivity contribution in [2.24, 2.45) is 11.3 Å². The Kier molecular flexibility index (Phi) is 3.34. The standard InChI is InChI=1S/C21H21NO2/c1-21(2)12-13(23)11-18(24)20(21)19-14-7-3-5-9-16(14)22-17-10-6-4-8-15(17)19/h3-10,19-20,22H,11-12H2,1-2H3. The maximum absolute atomic E-state index is 12.9. The van der Waals surface area contributed by atoms with Crippen LogP contribution in [0.25, 0.3) is 0 Å². The molecule has 1 unspecified atom stereocenters. The van der Waals surface area contributed by atoms with Crippen molar-refractivity contribution in [3.8, 4) is 0 Å². The molecule has 1 aliphatic heterocycles. The molecule has 3 nitrogen and oxygen atoms in total. The van der Waals surface area contributed by atoms with Crippen molar-refractivity contribution < 1.29 is 9.59 Å². The lowest BCUT2D eigenvalue weighted by Gasteiger charge is -2.44. The predicted molar refractivity (Wildman–Crippen MR) is 94.5 cm³/mol. The van der Waals surface area contributed by atoms with E-state index in [1.54, 1.807) is 0 Å². The highest BCUT2D eigenvalue weighted by atomic mass is 16.1. The van der Waals surface area contributed by atoms with E-state index >= 15 is 0 Å². The summed E-state index contributed by atoms with van der Waals surface area (Å²) in [6.45, 7) is 4.11. The summed E-state index contributed by atoms with van der Waals surface area (Å²) in [7, 11) is 0. The Morgan fingerprint density at radius 2 is 1.46 bits per heavy atom. The van der Waals surface area contributed by atoms with E-state index in [1.807, 2.05) is 24.3 Å². The van der Waals surface area contributed by atoms with Gasteiger partial charge in [0.1, 0.15) is 11.6 Å². The molecule has 1 aliphatic carbocycles. The number of rotatable bonds is 1. The van der Waals surface area contributed by atoms with Crippen molar-refractivity contribution >= 4 is 22.9 Å². The van der Waals surface area contributed by atoms with Crippen molar-refractivity contribution in [2.45, 2.75) is 32.6 Å². The lowest BCUT2D eigenvalue weighted by atomic mass is 9.59. The molecule has 1 fully saturated rings. The van der Waals surface area contributed by atoms with Gasteiger partial charge in [0.25, 0.3) is 0 Å². The Morgan fingerprint density at radius 1 is 0.917 bits per heavy atom. The van der Waals surface area contributed by atoms with Crippen LogP contribution in [0.15, 0.2) is 48.5 Å². The first-order valence-corrected chi connectivity index (χ1v) is 8.47. The molecule has 2 aromatic carbocycles. The van der Waals surface area contributed by atoms with Crippen LogP contribution in [0.5, 0.6) is 0 Å². The largest absolute Gasteiger partial charge is 0.355 e. The van der Waals surface area contributed by atoms with Gasteiger partial charge >= 0.3 is 0 Å². The minimum absolute atomic E-state index is 0.00532. The summed E-state index contributed by atoms with van der Waals surface area (Å²) in [5.41, 5.74) is 4.08. The molecular formula is C21H21NO2. The number of Topliss-reactive ketones (excluding diaryl/α,β-unsaturated/α-hetero) is 2. The van der Waals surface area contributed by atoms with Gasteiger partial charge in [-0.25, -0.2) is 0 Å². The number of anilines is 2. The molecule has 0 aromatic heterocycles. The van der Waals surface area contributed by atoms with E-state index in [-0.39, 0.29) is 35.2 Å². The lowest BCUT2D eigenvalue weighted by molar-refractivity contribution is -0.139. The van der Waals surface area contributed by atoms with Crippen molar-refractivity contribution in [1.82, 2.24) is 0 Å². The fourth-order valence-electron chi connectivity index (χ4n) is 4.49. The topological polar surface area (TPSA) is 46.2 Å². The summed E-state index contributed by atoms with van der Waals surface area (Å²) < 4.78 is 0. The molecule has 1 saturated carbocycles. The number of carbonyl (C=O) groups excluding carboxylic acids is 2. The third kappa shape index (κ3) is 2.27. The second kappa shape index (κ2) is 5.30. The SMILES string of the molecule is CC1(C)CC(=O)CC(=O)C1C1c2ccccc2Nc2ccccc21. The maximum Gasteiger partial charge on any atom is 0.144 e. The molecule has 0 radical (unpaired) electrons. The molecule has 24 heavy (non-hydrogen) atoms. The van der Waals surface area contributed by atoms with Gasteiger partial charge in [-0.15, -0.1) is 0 Å². The second-order valence-corrected chi connectivity index (χ2v) is 7.60. The molecule has 122 valence electrons. The fraction of sp³-hybridized carbons (Fsp3) is 0.333. The fourth-order valence-corrected chi connectivity index (χ4v) is 4.49. The number of fused-ring (bicyclic) bond motifs is 2. The summed E-state index contributed by atoms with van der Waals surface area (Å²) in [4.78, 5) is 24.9. The maximum atomic E-state index is 12.9. The number of hydrogen-bond acceptors (Lipinski definition) is 3. The zero-order chi connectivity index (χ0) is 16.9. The van der Waals surface area contributed by atoms with E-state index in [0.717, 1.165) is 22.5 Å². The summed E-state index contributed by atoms with van der Waals surface area (Å²) in [5.74, 6) is -0.0432. The van der Waals surface area contributed by atoms with Crippen LogP contribution in [0.3, 0.4) is 0 Å². The van der Waals surface area contributed by atoms with Crippen molar-refractivity contribution in [3.05, 3.63) is 59.7 Å². The van der Waals surface area contributed by atoms with Crippen LogP contribution in [0.2, 0.25) is 0 Å². The summed E-state index contributed by atoms with van der Waals surface area (Å²) >= 11 is 0. The van der Waals surface area contributed by atoms with Gasteiger partial charge in [0.2, 0.25) is 0 Å². The van der Waals surface area contributed by atoms with Gasteiger partial charge < -0.3 is 5.32 Å². The van der Waals surface area contributed by atoms with E-state index < -0.39 is 0 Å². The van der Waals surface area contributed by atoms with E-state index in [4.69, 9.17) is 0 Å². The lowest BCUT2D eigenvalue weighted by Crippen LogP contribution is -2.43. The predicted octanol–water partition coefficient (Wildman–Crippen LogP) is 4.45. The first-order chi connectivity index (χ1) is 11.5. The second-order valence-electron chi connectivity index (χ2n) is 7.60. The Labute approximate surface area is 142 Å². The molecule has 0 bridgehead atoms. The van der Waals surface area contributed by atoms with E-state index in [0.29, 0.717) is 6.42 Å². The quantitative estimate of drug-likeness (QED) is 0.790. The molecule has 0 spiro atoms. The van der Waals surface area contributed by atoms with Gasteiger partial charge in [-0.2, -0.15) is 0 Å². The molecule has 0 amide bonds. The minimum atomic E-state index is -0.339. The first kappa shape index (κ1) is 15.1. The average molecular weight is 319 g/mol. The molecule has 2 aliphatic rings. The summed E-state index contributed by atoms with van der Waals surface area (Å²) in [5, 5.41) is 3.48. The van der Waals surface area contributed by atoms with Gasteiger partial charge in [0.15, 0.2) is 0 Å². The van der Waals surface area contributed by atoms with Gasteiger partial charge in [-0.05, 0) is 28.7 Å². The van der Waals surface area contributed by atoms with Crippen molar-refractivity contribution in [2.75, 3.05) is 5.32 Å². The zero-order valence-electron chi connectivity index (χ0n) is 14.0. The number of para-hydroxylation sites is 2. The van der Waals surface area contributed by atoms with Crippen LogP contribution in [0, 0.1) is 11.3 Å². The molecule has 4 rings (SSSR count). The Morgan fingerprint density at radius 3 is 2.00 bits per heavy atom. The van der Waals surface area contributed by atoms with Crippen LogP contribution in [-0.4, -0.2) is 11.6 Å². The van der Waals surface area contributed by atoms with Gasteiger partial charge in [0.05, 0.1) is 6.42 Å². The Bertz CT molecular complexity index is 792. The highest BCUT2D eigenvalue weighted by molar-refractivity contribution is 6.04. The highest BCUT2D eigenvalue weighted by Crippen LogP contribution is 2.52. The molecule has 1 atom stereocenters. The number of ketones is 2. The van der Waals surface area contributed by atoms with Crippen LogP contribution >= 0.6 is 0 Å². The molecule has 1 heterocycles. The third-order valence-electron chi connectivity index (χ3n) is 5.41. The van der Waals surface area contributed by atoms with Crippen LogP contribution in [0.4, 0.5) is 11.4 Å². The number of hydrogen-bond donors (Lipinski definition) is 1. The number of nitrogens with one attached hydrogen (secondary N) is 1. The summed E-state index contributed by atoms with van der Waals surface area (Å²) in [6, 6.07) is 16.4. The van der Waals surface area contributed by atoms with Crippen LogP contribution in [-0.2, 0) is 9.59 Å². The van der Waals surface area contributed by atoms with Gasteiger partial charge in [0, 0.05) is 29.6 Å². The highest BCUT2D eigenvalue weighted by Gasteiger charge is 2.48. The van der Waals surface area contributed by atoms with Gasteiger partial charge in [-0.1, -0.05) is 50.2 Å². The number of benzene rings is 2. The molecule has 0 saturated heterocycles. The van der Waals surface area contributed by atoms with Crippen molar-refractivity contribution in [1.29, 1.82) is 0 Å². The average Bonchev–Trinajstić information content (AvgIpc) is 2.52. The van der Waals surface area contributed by atoms with Gasteiger partial charge in [-0.3, -0.25) is 9.59 Å². The minimum Gasteiger partial charge on any atom is -0.355 e. The van der Waals surface area contributed by atoms with Crippen LogP contribution < -0.4 is 5.32 Å². The van der Waals surface area contributed by atoms with Crippen molar-refractivity contribution in [3.63, 3.8) is 0 Å².